The van der Waals surface area contributed by atoms with Crippen molar-refractivity contribution in [2.24, 2.45) is 5.41 Å². The van der Waals surface area contributed by atoms with E-state index in [-0.39, 0.29) is 18.1 Å². The predicted molar refractivity (Wildman–Crippen MR) is 99.6 cm³/mol. The quantitative estimate of drug-likeness (QED) is 0.648. The summed E-state index contributed by atoms with van der Waals surface area (Å²) in [6.07, 6.45) is 1.38. The van der Waals surface area contributed by atoms with E-state index >= 15 is 4.39 Å². The number of hydrogen-bond acceptors (Lipinski definition) is 4. The lowest BCUT2D eigenvalue weighted by atomic mass is 9.80. The van der Waals surface area contributed by atoms with Crippen LogP contribution in [-0.4, -0.2) is 17.4 Å². The molecule has 1 unspecified atom stereocenters. The van der Waals surface area contributed by atoms with E-state index in [1.807, 2.05) is 18.2 Å². The third-order valence-corrected chi connectivity index (χ3v) is 5.20. The number of nitrogens with zero attached hydrogens (tertiary/aromatic N) is 2. The third-order valence-electron chi connectivity index (χ3n) is 5.20. The molecule has 2 aliphatic heterocycles. The van der Waals surface area contributed by atoms with Crippen LogP contribution in [0.25, 0.3) is 6.08 Å². The van der Waals surface area contributed by atoms with Crippen molar-refractivity contribution in [1.82, 2.24) is 5.32 Å². The summed E-state index contributed by atoms with van der Waals surface area (Å²) in [4.78, 5) is 25.3. The first-order chi connectivity index (χ1) is 12.8. The molecular formula is C20H18FN3O3. The van der Waals surface area contributed by atoms with Gasteiger partial charge in [-0.25, -0.2) is 4.39 Å². The Morgan fingerprint density at radius 2 is 1.93 bits per heavy atom. The summed E-state index contributed by atoms with van der Waals surface area (Å²) in [5, 5.41) is 14.1. The highest BCUT2D eigenvalue weighted by Gasteiger charge is 2.55. The molecule has 2 aromatic rings. The van der Waals surface area contributed by atoms with Crippen LogP contribution in [0.3, 0.4) is 0 Å². The van der Waals surface area contributed by atoms with E-state index in [2.05, 4.69) is 5.32 Å². The Kier molecular flexibility index (Phi) is 3.59. The number of carbonyl (C=O) groups is 1. The fourth-order valence-electron chi connectivity index (χ4n) is 3.75. The van der Waals surface area contributed by atoms with Crippen LogP contribution in [0.5, 0.6) is 0 Å². The highest BCUT2D eigenvalue weighted by atomic mass is 19.1. The lowest BCUT2D eigenvalue weighted by Gasteiger charge is -2.54. The van der Waals surface area contributed by atoms with Gasteiger partial charge in [-0.1, -0.05) is 30.3 Å². The van der Waals surface area contributed by atoms with Gasteiger partial charge in [0.25, 0.3) is 5.69 Å². The summed E-state index contributed by atoms with van der Waals surface area (Å²) in [7, 11) is 0. The minimum Gasteiger partial charge on any atom is -0.338 e. The standard InChI is InChI=1S/C20H18FN3O3/c1-19(2)12-23-16-9-4-3-6-13(16)10-17(21)20(23,22-18(19)25)14-7-5-8-15(11-14)24(26)27/h3-11H,12H2,1-2H3,(H,22,25). The highest BCUT2D eigenvalue weighted by Crippen LogP contribution is 2.48. The minimum atomic E-state index is -1.60. The number of anilines is 1. The molecule has 1 fully saturated rings. The number of para-hydroxylation sites is 1. The van der Waals surface area contributed by atoms with Gasteiger partial charge in [-0.15, -0.1) is 0 Å². The molecule has 0 aromatic heterocycles. The van der Waals surface area contributed by atoms with Crippen LogP contribution in [0, 0.1) is 15.5 Å². The largest absolute Gasteiger partial charge is 0.338 e. The van der Waals surface area contributed by atoms with Gasteiger partial charge in [0.1, 0.15) is 0 Å². The van der Waals surface area contributed by atoms with Gasteiger partial charge in [0, 0.05) is 35.5 Å². The predicted octanol–water partition coefficient (Wildman–Crippen LogP) is 3.73. The summed E-state index contributed by atoms with van der Waals surface area (Å²) in [6, 6.07) is 13.1. The van der Waals surface area contributed by atoms with Gasteiger partial charge >= 0.3 is 0 Å². The monoisotopic (exact) mass is 367 g/mol. The second-order valence-corrected chi connectivity index (χ2v) is 7.49. The maximum Gasteiger partial charge on any atom is 0.269 e. The molecule has 0 aliphatic carbocycles. The summed E-state index contributed by atoms with van der Waals surface area (Å²) < 4.78 is 15.5. The van der Waals surface area contributed by atoms with E-state index < -0.39 is 21.8 Å². The summed E-state index contributed by atoms with van der Waals surface area (Å²) in [5.41, 5.74) is -0.750. The number of carbonyl (C=O) groups excluding carboxylic acids is 1. The number of nitro groups is 1. The zero-order chi connectivity index (χ0) is 19.4. The molecule has 0 bridgehead atoms. The molecule has 1 amide bonds. The van der Waals surface area contributed by atoms with Crippen LogP contribution in [0.2, 0.25) is 0 Å². The van der Waals surface area contributed by atoms with Crippen LogP contribution in [0.4, 0.5) is 15.8 Å². The average molecular weight is 367 g/mol. The first kappa shape index (κ1) is 17.2. The number of amides is 1. The molecule has 6 nitrogen and oxygen atoms in total. The van der Waals surface area contributed by atoms with E-state index in [4.69, 9.17) is 0 Å². The van der Waals surface area contributed by atoms with Gasteiger partial charge in [-0.05, 0) is 26.0 Å². The van der Waals surface area contributed by atoms with Crippen molar-refractivity contribution < 1.29 is 14.1 Å². The van der Waals surface area contributed by atoms with Gasteiger partial charge in [0.15, 0.2) is 11.5 Å². The van der Waals surface area contributed by atoms with Crippen molar-refractivity contribution in [1.29, 1.82) is 0 Å². The molecule has 1 atom stereocenters. The molecule has 0 spiro atoms. The Bertz CT molecular complexity index is 1000. The number of nitrogens with one attached hydrogen (secondary N) is 1. The molecule has 1 saturated heterocycles. The van der Waals surface area contributed by atoms with Crippen molar-refractivity contribution >= 4 is 23.4 Å². The SMILES string of the molecule is CC1(C)CN2c3ccccc3C=C(F)C2(c2cccc([N+](=O)[O-])c2)NC1=O. The molecule has 138 valence electrons. The van der Waals surface area contributed by atoms with Gasteiger partial charge < -0.3 is 10.2 Å². The van der Waals surface area contributed by atoms with Crippen LogP contribution >= 0.6 is 0 Å². The smallest absolute Gasteiger partial charge is 0.269 e. The van der Waals surface area contributed by atoms with Gasteiger partial charge in [-0.2, -0.15) is 0 Å². The highest BCUT2D eigenvalue weighted by molar-refractivity contribution is 5.89. The molecule has 2 aromatic carbocycles. The summed E-state index contributed by atoms with van der Waals surface area (Å²) >= 11 is 0. The Morgan fingerprint density at radius 3 is 2.67 bits per heavy atom. The molecule has 27 heavy (non-hydrogen) atoms. The van der Waals surface area contributed by atoms with Crippen molar-refractivity contribution in [3.63, 3.8) is 0 Å². The number of halogens is 1. The minimum absolute atomic E-state index is 0.160. The summed E-state index contributed by atoms with van der Waals surface area (Å²) in [5.74, 6) is -0.890. The van der Waals surface area contributed by atoms with Crippen LogP contribution in [-0.2, 0) is 10.5 Å². The van der Waals surface area contributed by atoms with E-state index in [9.17, 15) is 14.9 Å². The van der Waals surface area contributed by atoms with Crippen LogP contribution in [0.15, 0.2) is 54.4 Å². The van der Waals surface area contributed by atoms with Crippen LogP contribution in [0.1, 0.15) is 25.0 Å². The van der Waals surface area contributed by atoms with Gasteiger partial charge in [0.05, 0.1) is 10.3 Å². The van der Waals surface area contributed by atoms with Crippen molar-refractivity contribution in [2.75, 3.05) is 11.4 Å². The Labute approximate surface area is 155 Å². The maximum absolute atomic E-state index is 15.5. The first-order valence-electron chi connectivity index (χ1n) is 8.57. The van der Waals surface area contributed by atoms with Crippen molar-refractivity contribution in [3.8, 4) is 0 Å². The third kappa shape index (κ3) is 2.42. The zero-order valence-electron chi connectivity index (χ0n) is 14.9. The van der Waals surface area contributed by atoms with E-state index in [0.29, 0.717) is 11.1 Å². The number of nitro benzene ring substituents is 1. The van der Waals surface area contributed by atoms with E-state index in [1.54, 1.807) is 30.9 Å². The van der Waals surface area contributed by atoms with E-state index in [0.717, 1.165) is 5.69 Å². The molecular weight excluding hydrogens is 349 g/mol. The lowest BCUT2D eigenvalue weighted by Crippen LogP contribution is -2.69. The molecule has 4 rings (SSSR count). The molecule has 0 saturated carbocycles. The molecule has 7 heteroatoms. The molecule has 1 N–H and O–H groups in total. The van der Waals surface area contributed by atoms with Crippen LogP contribution < -0.4 is 10.2 Å². The first-order valence-corrected chi connectivity index (χ1v) is 8.57. The Hall–Kier alpha value is -3.22. The molecule has 2 aliphatic rings. The topological polar surface area (TPSA) is 75.5 Å². The molecule has 0 radical (unpaired) electrons. The average Bonchev–Trinajstić information content (AvgIpc) is 2.63. The fourth-order valence-corrected chi connectivity index (χ4v) is 3.75. The second-order valence-electron chi connectivity index (χ2n) is 7.49. The number of hydrogen-bond donors (Lipinski definition) is 1. The number of non-ortho nitro benzene ring substituents is 1. The normalized spacial score (nSPS) is 23.0. The van der Waals surface area contributed by atoms with Gasteiger partial charge in [0.2, 0.25) is 5.91 Å². The molecule has 2 heterocycles. The van der Waals surface area contributed by atoms with E-state index in [1.165, 1.54) is 24.3 Å². The van der Waals surface area contributed by atoms with Crippen molar-refractivity contribution in [3.05, 3.63) is 75.6 Å². The zero-order valence-corrected chi connectivity index (χ0v) is 14.9. The Balaban J connectivity index is 1.99. The maximum atomic E-state index is 15.5. The summed E-state index contributed by atoms with van der Waals surface area (Å²) in [6.45, 7) is 3.84. The number of fused-ring (bicyclic) bond motifs is 3. The van der Waals surface area contributed by atoms with Crippen molar-refractivity contribution in [2.45, 2.75) is 19.5 Å². The lowest BCUT2D eigenvalue weighted by molar-refractivity contribution is -0.385. The number of benzene rings is 2. The van der Waals surface area contributed by atoms with Gasteiger partial charge in [-0.3, -0.25) is 14.9 Å². The number of rotatable bonds is 2. The second kappa shape index (κ2) is 5.64. The fraction of sp³-hybridized carbons (Fsp3) is 0.250. The Morgan fingerprint density at radius 1 is 1.19 bits per heavy atom.